The summed E-state index contributed by atoms with van der Waals surface area (Å²) in [7, 11) is 0. The number of carboxylic acids is 1. The van der Waals surface area contributed by atoms with Crippen LogP contribution in [-0.4, -0.2) is 22.1 Å². The normalized spacial score (nSPS) is 17.1. The molecule has 86 valence electrons. The summed E-state index contributed by atoms with van der Waals surface area (Å²) in [4.78, 5) is 15.2. The molecule has 1 aromatic heterocycles. The molecule has 1 unspecified atom stereocenters. The van der Waals surface area contributed by atoms with Gasteiger partial charge in [0.15, 0.2) is 0 Å². The predicted octanol–water partition coefficient (Wildman–Crippen LogP) is 1.34. The Morgan fingerprint density at radius 2 is 2.38 bits per heavy atom. The first kappa shape index (κ1) is 11.1. The molecule has 4 heteroatoms. The largest absolute Gasteiger partial charge is 0.480 e. The fourth-order valence-corrected chi connectivity index (χ4v) is 1.70. The Kier molecular flexibility index (Phi) is 3.19. The molecule has 1 atom stereocenters. The van der Waals surface area contributed by atoms with Crippen molar-refractivity contribution in [1.82, 2.24) is 10.3 Å². The van der Waals surface area contributed by atoms with Crippen LogP contribution >= 0.6 is 0 Å². The Bertz CT molecular complexity index is 371. The van der Waals surface area contributed by atoms with Crippen molar-refractivity contribution >= 4 is 5.97 Å². The van der Waals surface area contributed by atoms with E-state index in [9.17, 15) is 4.79 Å². The van der Waals surface area contributed by atoms with Gasteiger partial charge in [-0.1, -0.05) is 6.07 Å². The van der Waals surface area contributed by atoms with Crippen LogP contribution in [0.5, 0.6) is 0 Å². The van der Waals surface area contributed by atoms with Crippen molar-refractivity contribution in [2.75, 3.05) is 0 Å². The number of rotatable bonds is 5. The Morgan fingerprint density at radius 3 is 2.88 bits per heavy atom. The average molecular weight is 220 g/mol. The van der Waals surface area contributed by atoms with E-state index in [0.29, 0.717) is 12.5 Å². The molecule has 1 fully saturated rings. The van der Waals surface area contributed by atoms with E-state index in [0.717, 1.165) is 24.1 Å². The van der Waals surface area contributed by atoms with Gasteiger partial charge in [-0.2, -0.15) is 0 Å². The minimum absolute atomic E-state index is 0.308. The molecule has 1 aliphatic carbocycles. The molecule has 0 radical (unpaired) electrons. The van der Waals surface area contributed by atoms with Gasteiger partial charge in [0.05, 0.1) is 5.69 Å². The van der Waals surface area contributed by atoms with Crippen LogP contribution in [-0.2, 0) is 11.3 Å². The minimum Gasteiger partial charge on any atom is -0.480 e. The van der Waals surface area contributed by atoms with Crippen LogP contribution in [0.15, 0.2) is 18.3 Å². The Labute approximate surface area is 94.7 Å². The molecule has 1 aromatic rings. The maximum atomic E-state index is 11.0. The Balaban J connectivity index is 1.90. The smallest absolute Gasteiger partial charge is 0.320 e. The fourth-order valence-electron chi connectivity index (χ4n) is 1.70. The molecule has 0 bridgehead atoms. The van der Waals surface area contributed by atoms with E-state index >= 15 is 0 Å². The number of aromatic nitrogens is 1. The summed E-state index contributed by atoms with van der Waals surface area (Å²) in [5.41, 5.74) is 2.00. The summed E-state index contributed by atoms with van der Waals surface area (Å²) in [6.45, 7) is 2.50. The Morgan fingerprint density at radius 1 is 1.62 bits per heavy atom. The second-order valence-electron chi connectivity index (χ2n) is 4.36. The summed E-state index contributed by atoms with van der Waals surface area (Å²) >= 11 is 0. The highest BCUT2D eigenvalue weighted by atomic mass is 16.4. The van der Waals surface area contributed by atoms with Crippen molar-refractivity contribution in [3.63, 3.8) is 0 Å². The van der Waals surface area contributed by atoms with Gasteiger partial charge in [-0.15, -0.1) is 0 Å². The first-order valence-corrected chi connectivity index (χ1v) is 5.54. The number of hydrogen-bond acceptors (Lipinski definition) is 3. The lowest BCUT2D eigenvalue weighted by molar-refractivity contribution is -0.140. The van der Waals surface area contributed by atoms with E-state index in [2.05, 4.69) is 10.3 Å². The second-order valence-corrected chi connectivity index (χ2v) is 4.36. The minimum atomic E-state index is -0.755. The van der Waals surface area contributed by atoms with Gasteiger partial charge in [-0.3, -0.25) is 15.1 Å². The maximum absolute atomic E-state index is 11.0. The zero-order chi connectivity index (χ0) is 11.5. The van der Waals surface area contributed by atoms with Crippen molar-refractivity contribution < 1.29 is 9.90 Å². The summed E-state index contributed by atoms with van der Waals surface area (Å²) in [5, 5.41) is 12.1. The summed E-state index contributed by atoms with van der Waals surface area (Å²) in [6.07, 6.45) is 3.83. The van der Waals surface area contributed by atoms with Crippen LogP contribution in [0.3, 0.4) is 0 Å². The van der Waals surface area contributed by atoms with Gasteiger partial charge in [0.2, 0.25) is 0 Å². The quantitative estimate of drug-likeness (QED) is 0.786. The van der Waals surface area contributed by atoms with Crippen LogP contribution < -0.4 is 5.32 Å². The summed E-state index contributed by atoms with van der Waals surface area (Å²) in [6, 6.07) is 3.49. The van der Waals surface area contributed by atoms with Gasteiger partial charge in [0.25, 0.3) is 0 Å². The zero-order valence-corrected chi connectivity index (χ0v) is 9.31. The van der Waals surface area contributed by atoms with E-state index in [4.69, 9.17) is 5.11 Å². The van der Waals surface area contributed by atoms with Crippen molar-refractivity contribution in [3.8, 4) is 0 Å². The topological polar surface area (TPSA) is 62.2 Å². The van der Waals surface area contributed by atoms with Crippen molar-refractivity contribution in [1.29, 1.82) is 0 Å². The highest BCUT2D eigenvalue weighted by molar-refractivity contribution is 5.74. The van der Waals surface area contributed by atoms with E-state index in [1.54, 1.807) is 6.20 Å². The van der Waals surface area contributed by atoms with Crippen LogP contribution in [0, 0.1) is 12.8 Å². The van der Waals surface area contributed by atoms with Gasteiger partial charge in [-0.25, -0.2) is 0 Å². The SMILES string of the molecule is Cc1ccc(CNC(C(=O)O)C2CC2)nc1. The predicted molar refractivity (Wildman–Crippen MR) is 60.0 cm³/mol. The number of carbonyl (C=O) groups is 1. The molecule has 2 rings (SSSR count). The van der Waals surface area contributed by atoms with Gasteiger partial charge >= 0.3 is 5.97 Å². The lowest BCUT2D eigenvalue weighted by Gasteiger charge is -2.12. The lowest BCUT2D eigenvalue weighted by atomic mass is 10.2. The summed E-state index contributed by atoms with van der Waals surface area (Å²) < 4.78 is 0. The molecule has 1 heterocycles. The molecule has 2 N–H and O–H groups in total. The van der Waals surface area contributed by atoms with Gasteiger partial charge < -0.3 is 5.11 Å². The number of nitrogens with zero attached hydrogens (tertiary/aromatic N) is 1. The molecule has 1 saturated carbocycles. The molecule has 1 aliphatic rings. The third-order valence-electron chi connectivity index (χ3n) is 2.84. The fraction of sp³-hybridized carbons (Fsp3) is 0.500. The molecule has 0 aliphatic heterocycles. The van der Waals surface area contributed by atoms with E-state index < -0.39 is 12.0 Å². The third kappa shape index (κ3) is 2.79. The van der Waals surface area contributed by atoms with Gasteiger partial charge in [-0.05, 0) is 37.3 Å². The lowest BCUT2D eigenvalue weighted by Crippen LogP contribution is -2.38. The molecule has 0 amide bonds. The molecule has 0 spiro atoms. The van der Waals surface area contributed by atoms with Crippen LogP contribution in [0.1, 0.15) is 24.1 Å². The number of hydrogen-bond donors (Lipinski definition) is 2. The number of aliphatic carboxylic acids is 1. The molecule has 16 heavy (non-hydrogen) atoms. The van der Waals surface area contributed by atoms with E-state index in [-0.39, 0.29) is 0 Å². The van der Waals surface area contributed by atoms with Crippen LogP contribution in [0.25, 0.3) is 0 Å². The summed E-state index contributed by atoms with van der Waals surface area (Å²) in [5.74, 6) is -0.447. The zero-order valence-electron chi connectivity index (χ0n) is 9.31. The maximum Gasteiger partial charge on any atom is 0.320 e. The van der Waals surface area contributed by atoms with Crippen LogP contribution in [0.4, 0.5) is 0 Å². The van der Waals surface area contributed by atoms with Gasteiger partial charge in [0.1, 0.15) is 6.04 Å². The number of aryl methyl sites for hydroxylation is 1. The highest BCUT2D eigenvalue weighted by Gasteiger charge is 2.35. The molecule has 0 aromatic carbocycles. The Hall–Kier alpha value is -1.42. The highest BCUT2D eigenvalue weighted by Crippen LogP contribution is 2.32. The number of pyridine rings is 1. The molecular weight excluding hydrogens is 204 g/mol. The van der Waals surface area contributed by atoms with E-state index in [1.165, 1.54) is 0 Å². The van der Waals surface area contributed by atoms with Crippen molar-refractivity contribution in [2.24, 2.45) is 5.92 Å². The average Bonchev–Trinajstić information content (AvgIpc) is 3.05. The first-order valence-electron chi connectivity index (χ1n) is 5.54. The van der Waals surface area contributed by atoms with Gasteiger partial charge in [0, 0.05) is 12.7 Å². The number of nitrogens with one attached hydrogen (secondary N) is 1. The third-order valence-corrected chi connectivity index (χ3v) is 2.84. The van der Waals surface area contributed by atoms with Crippen LogP contribution in [0.2, 0.25) is 0 Å². The second kappa shape index (κ2) is 4.61. The van der Waals surface area contributed by atoms with Crippen molar-refractivity contribution in [3.05, 3.63) is 29.6 Å². The molecule has 0 saturated heterocycles. The first-order chi connectivity index (χ1) is 7.66. The standard InChI is InChI=1S/C12H16N2O2/c1-8-2-5-10(13-6-8)7-14-11(12(15)16)9-3-4-9/h2,5-6,9,11,14H,3-4,7H2,1H3,(H,15,16). The monoisotopic (exact) mass is 220 g/mol. The van der Waals surface area contributed by atoms with Crippen molar-refractivity contribution in [2.45, 2.75) is 32.4 Å². The molecular formula is C12H16N2O2. The number of carboxylic acid groups (broad SMARTS) is 1. The molecule has 4 nitrogen and oxygen atoms in total. The van der Waals surface area contributed by atoms with E-state index in [1.807, 2.05) is 19.1 Å².